The summed E-state index contributed by atoms with van der Waals surface area (Å²) in [5, 5.41) is 12.0. The maximum Gasteiger partial charge on any atom is 0.225 e. The quantitative estimate of drug-likeness (QED) is 0.396. The second-order valence-corrected chi connectivity index (χ2v) is 9.29. The molecule has 1 heterocycles. The predicted molar refractivity (Wildman–Crippen MR) is 122 cm³/mol. The van der Waals surface area contributed by atoms with E-state index in [4.69, 9.17) is 10.8 Å². The van der Waals surface area contributed by atoms with Gasteiger partial charge in [-0.25, -0.2) is 0 Å². The molecule has 1 aromatic rings. The van der Waals surface area contributed by atoms with Crippen LogP contribution in [0, 0.1) is 11.8 Å². The number of unbranched alkanes of at least 4 members (excludes halogenated alkanes) is 7. The first-order valence-corrected chi connectivity index (χ1v) is 12.1. The number of aliphatic hydroxyl groups excluding tert-OH is 1. The van der Waals surface area contributed by atoms with Crippen LogP contribution in [0.1, 0.15) is 69.3 Å². The molecule has 1 aliphatic heterocycles. The summed E-state index contributed by atoms with van der Waals surface area (Å²) in [4.78, 5) is 27.1. The van der Waals surface area contributed by atoms with Crippen LogP contribution in [0.5, 0.6) is 0 Å². The highest BCUT2D eigenvalue weighted by Crippen LogP contribution is 2.41. The summed E-state index contributed by atoms with van der Waals surface area (Å²) in [6.45, 7) is 2.45. The first kappa shape index (κ1) is 23.7. The average Bonchev–Trinajstić information content (AvgIpc) is 3.39. The molecule has 4 N–H and O–H groups in total. The number of likely N-dealkylation sites (tertiary alicyclic amines) is 1. The minimum absolute atomic E-state index is 0.0161. The Kier molecular flexibility index (Phi) is 9.34. The zero-order chi connectivity index (χ0) is 22.1. The van der Waals surface area contributed by atoms with Crippen molar-refractivity contribution in [2.45, 2.75) is 69.7 Å². The molecule has 172 valence electrons. The molecule has 0 spiro atoms. The second kappa shape index (κ2) is 12.2. The van der Waals surface area contributed by atoms with Crippen molar-refractivity contribution in [3.63, 3.8) is 0 Å². The first-order chi connectivity index (χ1) is 15.1. The molecule has 1 saturated carbocycles. The molecule has 1 aliphatic carbocycles. The molecule has 2 fully saturated rings. The Morgan fingerprint density at radius 2 is 1.55 bits per heavy atom. The van der Waals surface area contributed by atoms with Crippen LogP contribution in [0.4, 0.5) is 0 Å². The number of nitrogens with two attached hydrogens (primary N) is 1. The summed E-state index contributed by atoms with van der Waals surface area (Å²) in [7, 11) is 0. The van der Waals surface area contributed by atoms with Gasteiger partial charge in [-0.1, -0.05) is 68.9 Å². The van der Waals surface area contributed by atoms with E-state index in [1.54, 1.807) is 0 Å². The number of hydrogen-bond acceptors (Lipinski definition) is 4. The van der Waals surface area contributed by atoms with Gasteiger partial charge in [-0.2, -0.15) is 0 Å². The highest BCUT2D eigenvalue weighted by Gasteiger charge is 2.45. The fraction of sp³-hybridized carbons (Fsp3) is 0.680. The average molecular weight is 430 g/mol. The van der Waals surface area contributed by atoms with E-state index in [-0.39, 0.29) is 29.7 Å². The molecule has 31 heavy (non-hydrogen) atoms. The van der Waals surface area contributed by atoms with Gasteiger partial charge in [-0.15, -0.1) is 0 Å². The predicted octanol–water partition coefficient (Wildman–Crippen LogP) is 2.81. The van der Waals surface area contributed by atoms with Crippen LogP contribution in [0.15, 0.2) is 30.3 Å². The number of benzene rings is 1. The van der Waals surface area contributed by atoms with Crippen molar-refractivity contribution in [3.05, 3.63) is 35.9 Å². The Hall–Kier alpha value is -1.92. The van der Waals surface area contributed by atoms with Crippen LogP contribution in [0.2, 0.25) is 0 Å². The van der Waals surface area contributed by atoms with E-state index in [1.165, 1.54) is 37.7 Å². The summed E-state index contributed by atoms with van der Waals surface area (Å²) in [5.41, 5.74) is 6.90. The number of amides is 2. The largest absolute Gasteiger partial charge is 0.396 e. The van der Waals surface area contributed by atoms with E-state index < -0.39 is 0 Å². The molecule has 0 bridgehead atoms. The minimum Gasteiger partial charge on any atom is -0.396 e. The van der Waals surface area contributed by atoms with Crippen molar-refractivity contribution < 1.29 is 14.7 Å². The molecular weight excluding hydrogens is 390 g/mol. The summed E-state index contributed by atoms with van der Waals surface area (Å²) in [5.74, 6) is -0.710. The number of hydrogen-bond donors (Lipinski definition) is 3. The molecule has 6 heteroatoms. The van der Waals surface area contributed by atoms with Crippen LogP contribution < -0.4 is 11.1 Å². The van der Waals surface area contributed by atoms with Crippen LogP contribution >= 0.6 is 0 Å². The molecule has 0 radical (unpaired) electrons. The van der Waals surface area contributed by atoms with E-state index in [2.05, 4.69) is 22.3 Å². The van der Waals surface area contributed by atoms with Gasteiger partial charge in [0, 0.05) is 31.7 Å². The van der Waals surface area contributed by atoms with Gasteiger partial charge in [-0.3, -0.25) is 9.59 Å². The lowest BCUT2D eigenvalue weighted by atomic mass is 9.94. The van der Waals surface area contributed by atoms with Gasteiger partial charge in [0.05, 0.1) is 11.8 Å². The van der Waals surface area contributed by atoms with Crippen LogP contribution in [0.3, 0.4) is 0 Å². The van der Waals surface area contributed by atoms with Gasteiger partial charge in [0.25, 0.3) is 0 Å². The zero-order valence-electron chi connectivity index (χ0n) is 18.7. The van der Waals surface area contributed by atoms with Crippen LogP contribution in [-0.4, -0.2) is 54.1 Å². The van der Waals surface area contributed by atoms with Crippen molar-refractivity contribution in [2.24, 2.45) is 17.6 Å². The molecule has 2 unspecified atom stereocenters. The maximum absolute atomic E-state index is 12.9. The van der Waals surface area contributed by atoms with E-state index in [1.807, 2.05) is 18.2 Å². The number of rotatable bonds is 14. The van der Waals surface area contributed by atoms with Gasteiger partial charge in [-0.05, 0) is 31.4 Å². The molecule has 1 aromatic carbocycles. The van der Waals surface area contributed by atoms with Crippen molar-refractivity contribution in [3.8, 4) is 0 Å². The molecule has 0 aromatic heterocycles. The Labute approximate surface area is 186 Å². The summed E-state index contributed by atoms with van der Waals surface area (Å²) < 4.78 is 0. The minimum atomic E-state index is -0.388. The number of carbonyl (C=O) groups excluding carboxylic acids is 2. The van der Waals surface area contributed by atoms with Crippen molar-refractivity contribution in [1.29, 1.82) is 0 Å². The molecule has 2 amide bonds. The smallest absolute Gasteiger partial charge is 0.225 e. The number of primary amides is 1. The van der Waals surface area contributed by atoms with Gasteiger partial charge < -0.3 is 21.1 Å². The molecular formula is C25H39N3O3. The van der Waals surface area contributed by atoms with Crippen LogP contribution in [0.25, 0.3) is 0 Å². The van der Waals surface area contributed by atoms with Crippen molar-refractivity contribution in [1.82, 2.24) is 10.2 Å². The van der Waals surface area contributed by atoms with Crippen LogP contribution in [-0.2, 0) is 9.59 Å². The SMILES string of the molecule is NC(=O)C1CN(CCCCCCCCCCO)CC1C(=O)N[C@H]1C[C@@H]1c1ccccc1. The van der Waals surface area contributed by atoms with E-state index >= 15 is 0 Å². The molecule has 3 rings (SSSR count). The summed E-state index contributed by atoms with van der Waals surface area (Å²) in [6.07, 6.45) is 10.2. The number of aliphatic hydroxyl groups is 1. The fourth-order valence-corrected chi connectivity index (χ4v) is 4.84. The molecule has 6 nitrogen and oxygen atoms in total. The van der Waals surface area contributed by atoms with E-state index in [0.717, 1.165) is 32.2 Å². The number of nitrogens with one attached hydrogen (secondary N) is 1. The lowest BCUT2D eigenvalue weighted by Crippen LogP contribution is -2.40. The summed E-state index contributed by atoms with van der Waals surface area (Å²) >= 11 is 0. The van der Waals surface area contributed by atoms with E-state index in [9.17, 15) is 9.59 Å². The van der Waals surface area contributed by atoms with Gasteiger partial charge in [0.1, 0.15) is 0 Å². The Balaban J connectivity index is 1.36. The van der Waals surface area contributed by atoms with Crippen molar-refractivity contribution >= 4 is 11.8 Å². The van der Waals surface area contributed by atoms with Gasteiger partial charge in [0.15, 0.2) is 0 Å². The van der Waals surface area contributed by atoms with Gasteiger partial charge >= 0.3 is 0 Å². The lowest BCUT2D eigenvalue weighted by molar-refractivity contribution is -0.131. The third-order valence-corrected chi connectivity index (χ3v) is 6.83. The third kappa shape index (κ3) is 7.32. The fourth-order valence-electron chi connectivity index (χ4n) is 4.84. The first-order valence-electron chi connectivity index (χ1n) is 12.1. The lowest BCUT2D eigenvalue weighted by Gasteiger charge is -2.16. The van der Waals surface area contributed by atoms with Crippen molar-refractivity contribution in [2.75, 3.05) is 26.2 Å². The molecule has 1 saturated heterocycles. The third-order valence-electron chi connectivity index (χ3n) is 6.83. The topological polar surface area (TPSA) is 95.7 Å². The molecule has 2 aliphatic rings. The number of nitrogens with zero attached hydrogens (tertiary/aromatic N) is 1. The van der Waals surface area contributed by atoms with Gasteiger partial charge in [0.2, 0.25) is 11.8 Å². The standard InChI is InChI=1S/C25H39N3O3/c26-24(30)21-17-28(14-10-5-3-1-2-4-6-11-15-29)18-22(21)25(31)27-23-16-20(23)19-12-8-7-9-13-19/h7-9,12-13,20-23,29H,1-6,10-11,14-18H2,(H2,26,30)(H,27,31)/t20-,21?,22?,23+/m1/s1. The zero-order valence-corrected chi connectivity index (χ0v) is 18.7. The Bertz CT molecular complexity index is 697. The number of carbonyl (C=O) groups is 2. The van der Waals surface area contributed by atoms with E-state index in [0.29, 0.717) is 25.6 Å². The second-order valence-electron chi connectivity index (χ2n) is 9.29. The maximum atomic E-state index is 12.9. The Morgan fingerprint density at radius 1 is 0.935 bits per heavy atom. The molecule has 4 atom stereocenters. The Morgan fingerprint density at radius 3 is 2.19 bits per heavy atom. The highest BCUT2D eigenvalue weighted by molar-refractivity contribution is 5.88. The normalized spacial score (nSPS) is 25.5. The summed E-state index contributed by atoms with van der Waals surface area (Å²) in [6, 6.07) is 10.5. The highest BCUT2D eigenvalue weighted by atomic mass is 16.3. The monoisotopic (exact) mass is 429 g/mol.